The Kier molecular flexibility index (Phi) is 7.61. The predicted octanol–water partition coefficient (Wildman–Crippen LogP) is 5.45. The minimum atomic E-state index is 0.571. The maximum atomic E-state index is 5.58. The van der Waals surface area contributed by atoms with Crippen LogP contribution in [0.1, 0.15) is 43.7 Å². The van der Waals surface area contributed by atoms with Gasteiger partial charge in [0.15, 0.2) is 11.5 Å². The molecule has 2 heterocycles. The monoisotopic (exact) mass is 449 g/mol. The van der Waals surface area contributed by atoms with Crippen molar-refractivity contribution in [2.45, 2.75) is 39.0 Å². The predicted molar refractivity (Wildman–Crippen MR) is 138 cm³/mol. The van der Waals surface area contributed by atoms with Crippen LogP contribution in [0.15, 0.2) is 36.4 Å². The third-order valence-corrected chi connectivity index (χ3v) is 6.95. The molecular weight excluding hydrogens is 410 g/mol. The Balaban J connectivity index is 1.67. The fraction of sp³-hybridized carbons (Fsp3) is 0.500. The number of likely N-dealkylation sites (tertiary alicyclic amines) is 1. The van der Waals surface area contributed by atoms with Gasteiger partial charge in [-0.25, -0.2) is 0 Å². The molecule has 0 saturated carbocycles. The highest BCUT2D eigenvalue weighted by Gasteiger charge is 2.22. The first-order chi connectivity index (χ1) is 16.0. The van der Waals surface area contributed by atoms with E-state index in [1.807, 2.05) is 13.1 Å². The second kappa shape index (κ2) is 10.6. The minimum absolute atomic E-state index is 0.571. The van der Waals surface area contributed by atoms with E-state index in [0.29, 0.717) is 11.8 Å². The van der Waals surface area contributed by atoms with Gasteiger partial charge in [0.25, 0.3) is 0 Å². The maximum absolute atomic E-state index is 5.58. The van der Waals surface area contributed by atoms with Crippen molar-refractivity contribution in [3.63, 3.8) is 0 Å². The Hall–Kier alpha value is -2.50. The van der Waals surface area contributed by atoms with Crippen molar-refractivity contribution in [1.82, 2.24) is 15.2 Å². The zero-order valence-corrected chi connectivity index (χ0v) is 20.8. The van der Waals surface area contributed by atoms with E-state index in [9.17, 15) is 0 Å². The molecule has 0 atom stereocenters. The number of ether oxygens (including phenoxy) is 2. The van der Waals surface area contributed by atoms with Crippen molar-refractivity contribution in [3.05, 3.63) is 47.5 Å². The number of nitrogens with one attached hydrogen (secondary N) is 2. The third kappa shape index (κ3) is 5.20. The molecule has 0 bridgehead atoms. The van der Waals surface area contributed by atoms with Gasteiger partial charge in [0.2, 0.25) is 0 Å². The average Bonchev–Trinajstić information content (AvgIpc) is 3.19. The molecule has 0 radical (unpaired) electrons. The van der Waals surface area contributed by atoms with Crippen molar-refractivity contribution in [2.75, 3.05) is 47.4 Å². The fourth-order valence-corrected chi connectivity index (χ4v) is 5.14. The summed E-state index contributed by atoms with van der Waals surface area (Å²) in [6.45, 7) is 9.18. The van der Waals surface area contributed by atoms with E-state index in [4.69, 9.17) is 9.47 Å². The maximum Gasteiger partial charge on any atom is 0.161 e. The summed E-state index contributed by atoms with van der Waals surface area (Å²) in [6, 6.07) is 13.3. The molecule has 2 N–H and O–H groups in total. The number of hydrogen-bond donors (Lipinski definition) is 2. The van der Waals surface area contributed by atoms with Crippen LogP contribution in [0.5, 0.6) is 11.5 Å². The van der Waals surface area contributed by atoms with E-state index in [2.05, 4.69) is 59.4 Å². The van der Waals surface area contributed by atoms with Gasteiger partial charge in [-0.2, -0.15) is 0 Å². The second-order valence-electron chi connectivity index (χ2n) is 9.67. The number of benzene rings is 2. The molecule has 0 aliphatic carbocycles. The molecule has 0 amide bonds. The molecule has 178 valence electrons. The Labute approximate surface area is 198 Å². The van der Waals surface area contributed by atoms with Gasteiger partial charge >= 0.3 is 0 Å². The lowest BCUT2D eigenvalue weighted by Crippen LogP contribution is -2.37. The quantitative estimate of drug-likeness (QED) is 0.456. The first kappa shape index (κ1) is 23.7. The summed E-state index contributed by atoms with van der Waals surface area (Å²) < 4.78 is 11.0. The Morgan fingerprint density at radius 2 is 1.79 bits per heavy atom. The highest BCUT2D eigenvalue weighted by Crippen LogP contribution is 2.38. The van der Waals surface area contributed by atoms with E-state index >= 15 is 0 Å². The molecule has 1 aromatic heterocycles. The number of aromatic nitrogens is 1. The van der Waals surface area contributed by atoms with Crippen LogP contribution in [0.2, 0.25) is 0 Å². The van der Waals surface area contributed by atoms with Crippen molar-refractivity contribution < 1.29 is 9.47 Å². The van der Waals surface area contributed by atoms with E-state index < -0.39 is 0 Å². The van der Waals surface area contributed by atoms with Gasteiger partial charge < -0.3 is 24.7 Å². The topological polar surface area (TPSA) is 49.5 Å². The lowest BCUT2D eigenvalue weighted by atomic mass is 9.88. The molecule has 1 aliphatic rings. The fourth-order valence-electron chi connectivity index (χ4n) is 5.14. The van der Waals surface area contributed by atoms with E-state index in [0.717, 1.165) is 36.6 Å². The van der Waals surface area contributed by atoms with Gasteiger partial charge in [0, 0.05) is 35.2 Å². The molecule has 5 heteroatoms. The highest BCUT2D eigenvalue weighted by molar-refractivity contribution is 5.91. The van der Waals surface area contributed by atoms with Gasteiger partial charge in [-0.1, -0.05) is 19.9 Å². The highest BCUT2D eigenvalue weighted by atomic mass is 16.5. The minimum Gasteiger partial charge on any atom is -0.493 e. The van der Waals surface area contributed by atoms with Crippen LogP contribution in [0.3, 0.4) is 0 Å². The molecule has 4 rings (SSSR count). The molecule has 1 fully saturated rings. The van der Waals surface area contributed by atoms with Gasteiger partial charge in [-0.15, -0.1) is 0 Å². The van der Waals surface area contributed by atoms with Gasteiger partial charge in [-0.3, -0.25) is 0 Å². The Morgan fingerprint density at radius 1 is 1.03 bits per heavy atom. The molecule has 2 aromatic carbocycles. The first-order valence-corrected chi connectivity index (χ1v) is 12.3. The number of likely N-dealkylation sites (N-methyl/N-ethyl adjacent to an activating group) is 1. The average molecular weight is 450 g/mol. The summed E-state index contributed by atoms with van der Waals surface area (Å²) in [4.78, 5) is 6.31. The number of H-pyrrole nitrogens is 1. The van der Waals surface area contributed by atoms with Crippen molar-refractivity contribution in [2.24, 2.45) is 5.92 Å². The van der Waals surface area contributed by atoms with Gasteiger partial charge in [0.1, 0.15) is 0 Å². The zero-order valence-electron chi connectivity index (χ0n) is 20.8. The summed E-state index contributed by atoms with van der Waals surface area (Å²) in [7, 11) is 5.40. The van der Waals surface area contributed by atoms with Crippen LogP contribution in [0, 0.1) is 5.92 Å². The molecule has 1 saturated heterocycles. The summed E-state index contributed by atoms with van der Waals surface area (Å²) >= 11 is 0. The smallest absolute Gasteiger partial charge is 0.161 e. The Morgan fingerprint density at radius 3 is 2.45 bits per heavy atom. The number of aromatic amines is 1. The van der Waals surface area contributed by atoms with Crippen molar-refractivity contribution in [3.8, 4) is 22.8 Å². The lowest BCUT2D eigenvalue weighted by molar-refractivity contribution is 0.214. The molecule has 3 aromatic rings. The van der Waals surface area contributed by atoms with E-state index in [-0.39, 0.29) is 0 Å². The standard InChI is InChI=1S/C28H39N3O2/c1-19(2)16-24-23-17-21(20-10-13-31(14-11-20)15-12-29-3)6-8-25(23)30-28(24)22-7-9-26(32-4)27(18-22)33-5/h6-9,17-20,29-30H,10-16H2,1-5H3. The van der Waals surface area contributed by atoms with Gasteiger partial charge in [-0.05, 0) is 92.7 Å². The first-order valence-electron chi connectivity index (χ1n) is 12.3. The molecule has 1 aliphatic heterocycles. The largest absolute Gasteiger partial charge is 0.493 e. The van der Waals surface area contributed by atoms with Gasteiger partial charge in [0.05, 0.1) is 14.2 Å². The molecule has 5 nitrogen and oxygen atoms in total. The van der Waals surface area contributed by atoms with Crippen LogP contribution in [0.25, 0.3) is 22.2 Å². The van der Waals surface area contributed by atoms with Crippen molar-refractivity contribution in [1.29, 1.82) is 0 Å². The van der Waals surface area contributed by atoms with Crippen LogP contribution in [-0.2, 0) is 6.42 Å². The number of fused-ring (bicyclic) bond motifs is 1. The van der Waals surface area contributed by atoms with Crippen LogP contribution in [-0.4, -0.2) is 57.3 Å². The second-order valence-corrected chi connectivity index (χ2v) is 9.67. The number of piperidine rings is 1. The molecule has 33 heavy (non-hydrogen) atoms. The van der Waals surface area contributed by atoms with Crippen LogP contribution >= 0.6 is 0 Å². The van der Waals surface area contributed by atoms with E-state index in [1.165, 1.54) is 53.7 Å². The molecular formula is C28H39N3O2. The summed E-state index contributed by atoms with van der Waals surface area (Å²) in [5.41, 5.74) is 6.43. The van der Waals surface area contributed by atoms with Crippen LogP contribution in [0.4, 0.5) is 0 Å². The number of hydrogen-bond acceptors (Lipinski definition) is 4. The lowest BCUT2D eigenvalue weighted by Gasteiger charge is -2.32. The molecule has 0 unspecified atom stereocenters. The molecule has 0 spiro atoms. The normalized spacial score (nSPS) is 15.5. The number of nitrogens with zero attached hydrogens (tertiary/aromatic N) is 1. The summed E-state index contributed by atoms with van der Waals surface area (Å²) in [5.74, 6) is 2.73. The zero-order chi connectivity index (χ0) is 23.4. The van der Waals surface area contributed by atoms with E-state index in [1.54, 1.807) is 14.2 Å². The van der Waals surface area contributed by atoms with Crippen LogP contribution < -0.4 is 14.8 Å². The SMILES string of the molecule is CNCCN1CCC(c2ccc3[nH]c(-c4ccc(OC)c(OC)c4)c(CC(C)C)c3c2)CC1. The summed E-state index contributed by atoms with van der Waals surface area (Å²) in [6.07, 6.45) is 3.51. The number of rotatable bonds is 9. The Bertz CT molecular complexity index is 1060. The third-order valence-electron chi connectivity index (χ3n) is 6.95. The number of methoxy groups -OCH3 is 2. The summed E-state index contributed by atoms with van der Waals surface area (Å²) in [5, 5.41) is 4.63. The van der Waals surface area contributed by atoms with Crippen molar-refractivity contribution >= 4 is 10.9 Å².